The van der Waals surface area contributed by atoms with E-state index in [0.717, 1.165) is 17.2 Å². The van der Waals surface area contributed by atoms with Crippen molar-refractivity contribution in [2.75, 3.05) is 11.6 Å². The Labute approximate surface area is 160 Å². The van der Waals surface area contributed by atoms with Crippen LogP contribution in [0, 0.1) is 0 Å². The summed E-state index contributed by atoms with van der Waals surface area (Å²) in [7, 11) is -3.25. The first-order chi connectivity index (χ1) is 13.4. The van der Waals surface area contributed by atoms with Gasteiger partial charge in [-0.25, -0.2) is 8.42 Å². The molecule has 1 N–H and O–H groups in total. The Morgan fingerprint density at radius 2 is 1.79 bits per heavy atom. The molecule has 142 valence electrons. The number of fused-ring (bicyclic) bond motifs is 1. The summed E-state index contributed by atoms with van der Waals surface area (Å²) in [6, 6.07) is 15.3. The van der Waals surface area contributed by atoms with Gasteiger partial charge < -0.3 is 8.83 Å². The third kappa shape index (κ3) is 3.79. The molecule has 0 atom stereocenters. The number of furan rings is 1. The zero-order valence-corrected chi connectivity index (χ0v) is 15.6. The Balaban J connectivity index is 1.44. The van der Waals surface area contributed by atoms with E-state index in [9.17, 15) is 13.2 Å². The molecular weight excluding hydrogens is 382 g/mol. The van der Waals surface area contributed by atoms with Crippen LogP contribution < -0.4 is 5.32 Å². The van der Waals surface area contributed by atoms with Crippen LogP contribution in [0.5, 0.6) is 0 Å². The normalized spacial score (nSPS) is 11.6. The molecule has 0 fully saturated rings. The maximum Gasteiger partial charge on any atom is 0.322 e. The molecule has 4 aromatic rings. The largest absolute Gasteiger partial charge is 0.451 e. The molecule has 1 amide bonds. The van der Waals surface area contributed by atoms with Gasteiger partial charge in [-0.3, -0.25) is 10.1 Å². The fraction of sp³-hybridized carbons (Fsp3) is 0.105. The number of rotatable bonds is 5. The molecule has 4 rings (SSSR count). The number of sulfone groups is 1. The number of amides is 1. The fourth-order valence-corrected chi connectivity index (χ4v) is 3.29. The van der Waals surface area contributed by atoms with E-state index in [0.29, 0.717) is 12.0 Å². The van der Waals surface area contributed by atoms with E-state index in [2.05, 4.69) is 15.5 Å². The van der Waals surface area contributed by atoms with Crippen LogP contribution >= 0.6 is 0 Å². The first-order valence-corrected chi connectivity index (χ1v) is 10.2. The molecule has 0 radical (unpaired) electrons. The van der Waals surface area contributed by atoms with Gasteiger partial charge in [0.1, 0.15) is 5.58 Å². The molecule has 2 heterocycles. The maximum atomic E-state index is 12.3. The van der Waals surface area contributed by atoms with Crippen molar-refractivity contribution in [3.05, 3.63) is 71.8 Å². The fourth-order valence-electron chi connectivity index (χ4n) is 2.66. The average molecular weight is 397 g/mol. The number of para-hydroxylation sites is 1. The van der Waals surface area contributed by atoms with Crippen LogP contribution in [0.4, 0.5) is 6.01 Å². The quantitative estimate of drug-likeness (QED) is 0.550. The standard InChI is InChI=1S/C19H15N3O5S/c1-28(24,25)14-8-6-12(7-9-14)10-17-21-22-19(27-17)20-18(23)16-11-13-4-2-3-5-15(13)26-16/h2-9,11H,10H2,1H3,(H,20,22,23). The molecule has 8 nitrogen and oxygen atoms in total. The summed E-state index contributed by atoms with van der Waals surface area (Å²) < 4.78 is 33.9. The minimum atomic E-state index is -3.25. The molecule has 2 aromatic carbocycles. The van der Waals surface area contributed by atoms with E-state index >= 15 is 0 Å². The molecule has 0 aliphatic carbocycles. The number of carbonyl (C=O) groups is 1. The van der Waals surface area contributed by atoms with Crippen LogP contribution in [-0.4, -0.2) is 30.8 Å². The van der Waals surface area contributed by atoms with Crippen molar-refractivity contribution in [3.8, 4) is 0 Å². The van der Waals surface area contributed by atoms with Crippen LogP contribution in [0.1, 0.15) is 22.0 Å². The Bertz CT molecular complexity index is 1220. The molecule has 0 aliphatic heterocycles. The van der Waals surface area contributed by atoms with E-state index in [4.69, 9.17) is 8.83 Å². The lowest BCUT2D eigenvalue weighted by Gasteiger charge is -2.00. The van der Waals surface area contributed by atoms with Crippen molar-refractivity contribution in [3.63, 3.8) is 0 Å². The van der Waals surface area contributed by atoms with Crippen LogP contribution in [-0.2, 0) is 16.3 Å². The van der Waals surface area contributed by atoms with Gasteiger partial charge >= 0.3 is 6.01 Å². The van der Waals surface area contributed by atoms with Crippen molar-refractivity contribution < 1.29 is 22.0 Å². The van der Waals surface area contributed by atoms with Crippen LogP contribution in [0.15, 0.2) is 68.3 Å². The summed E-state index contributed by atoms with van der Waals surface area (Å²) in [5, 5.41) is 11.0. The van der Waals surface area contributed by atoms with Gasteiger partial charge in [-0.15, -0.1) is 5.10 Å². The Morgan fingerprint density at radius 3 is 2.50 bits per heavy atom. The predicted octanol–water partition coefficient (Wildman–Crippen LogP) is 3.06. The molecular formula is C19H15N3O5S. The topological polar surface area (TPSA) is 115 Å². The van der Waals surface area contributed by atoms with Crippen molar-refractivity contribution >= 4 is 32.7 Å². The second-order valence-electron chi connectivity index (χ2n) is 6.20. The minimum Gasteiger partial charge on any atom is -0.451 e. The number of benzene rings is 2. The van der Waals surface area contributed by atoms with Gasteiger partial charge in [0.05, 0.1) is 11.3 Å². The van der Waals surface area contributed by atoms with Crippen molar-refractivity contribution in [2.45, 2.75) is 11.3 Å². The lowest BCUT2D eigenvalue weighted by atomic mass is 10.1. The van der Waals surface area contributed by atoms with Crippen LogP contribution in [0.2, 0.25) is 0 Å². The van der Waals surface area contributed by atoms with E-state index in [1.54, 1.807) is 24.3 Å². The van der Waals surface area contributed by atoms with Crippen LogP contribution in [0.25, 0.3) is 11.0 Å². The average Bonchev–Trinajstić information content (AvgIpc) is 3.28. The van der Waals surface area contributed by atoms with Gasteiger partial charge in [-0.2, -0.15) is 0 Å². The lowest BCUT2D eigenvalue weighted by Crippen LogP contribution is -2.10. The molecule has 0 saturated heterocycles. The molecule has 9 heteroatoms. The highest BCUT2D eigenvalue weighted by Gasteiger charge is 2.16. The third-order valence-electron chi connectivity index (χ3n) is 4.04. The third-order valence-corrected chi connectivity index (χ3v) is 5.17. The summed E-state index contributed by atoms with van der Waals surface area (Å²) in [6.07, 6.45) is 1.45. The van der Waals surface area contributed by atoms with E-state index in [1.165, 1.54) is 12.1 Å². The molecule has 28 heavy (non-hydrogen) atoms. The molecule has 0 spiro atoms. The van der Waals surface area contributed by atoms with Crippen molar-refractivity contribution in [1.82, 2.24) is 10.2 Å². The maximum absolute atomic E-state index is 12.3. The number of hydrogen-bond donors (Lipinski definition) is 1. The summed E-state index contributed by atoms with van der Waals surface area (Å²) in [5.74, 6) is -0.0757. The highest BCUT2D eigenvalue weighted by Crippen LogP contribution is 2.20. The summed E-state index contributed by atoms with van der Waals surface area (Å²) >= 11 is 0. The molecule has 0 saturated carbocycles. The summed E-state index contributed by atoms with van der Waals surface area (Å²) in [4.78, 5) is 12.5. The number of nitrogens with zero attached hydrogens (tertiary/aromatic N) is 2. The SMILES string of the molecule is CS(=O)(=O)c1ccc(Cc2nnc(NC(=O)c3cc4ccccc4o3)o2)cc1. The van der Waals surface area contributed by atoms with Crippen molar-refractivity contribution in [2.24, 2.45) is 0 Å². The van der Waals surface area contributed by atoms with Gasteiger partial charge in [0.25, 0.3) is 5.91 Å². The molecule has 2 aromatic heterocycles. The van der Waals surface area contributed by atoms with Gasteiger partial charge in [0.15, 0.2) is 15.6 Å². The highest BCUT2D eigenvalue weighted by molar-refractivity contribution is 7.90. The number of nitrogens with one attached hydrogen (secondary N) is 1. The lowest BCUT2D eigenvalue weighted by molar-refractivity contribution is 0.0995. The zero-order chi connectivity index (χ0) is 19.7. The number of aromatic nitrogens is 2. The van der Waals surface area contributed by atoms with Crippen LogP contribution in [0.3, 0.4) is 0 Å². The van der Waals surface area contributed by atoms with Gasteiger partial charge in [0, 0.05) is 11.6 Å². The first kappa shape index (κ1) is 17.9. The molecule has 0 unspecified atom stereocenters. The van der Waals surface area contributed by atoms with Gasteiger partial charge in [0.2, 0.25) is 5.89 Å². The summed E-state index contributed by atoms with van der Waals surface area (Å²) in [5.41, 5.74) is 1.41. The Kier molecular flexibility index (Phi) is 4.44. The van der Waals surface area contributed by atoms with E-state index in [-0.39, 0.29) is 22.6 Å². The van der Waals surface area contributed by atoms with Gasteiger partial charge in [-0.1, -0.05) is 35.4 Å². The summed E-state index contributed by atoms with van der Waals surface area (Å²) in [6.45, 7) is 0. The first-order valence-electron chi connectivity index (χ1n) is 8.30. The minimum absolute atomic E-state index is 0.0480. The Morgan fingerprint density at radius 1 is 1.04 bits per heavy atom. The second kappa shape index (κ2) is 6.93. The molecule has 0 aliphatic rings. The van der Waals surface area contributed by atoms with E-state index < -0.39 is 15.7 Å². The number of hydrogen-bond acceptors (Lipinski definition) is 7. The number of carbonyl (C=O) groups excluding carboxylic acids is 1. The predicted molar refractivity (Wildman–Crippen MR) is 101 cm³/mol. The Hall–Kier alpha value is -3.46. The van der Waals surface area contributed by atoms with Crippen molar-refractivity contribution in [1.29, 1.82) is 0 Å². The molecule has 0 bridgehead atoms. The monoisotopic (exact) mass is 397 g/mol. The zero-order valence-electron chi connectivity index (χ0n) is 14.7. The number of anilines is 1. The highest BCUT2D eigenvalue weighted by atomic mass is 32.2. The van der Waals surface area contributed by atoms with Gasteiger partial charge in [-0.05, 0) is 29.8 Å². The second-order valence-corrected chi connectivity index (χ2v) is 8.21. The smallest absolute Gasteiger partial charge is 0.322 e. The van der Waals surface area contributed by atoms with E-state index in [1.807, 2.05) is 18.2 Å².